The van der Waals surface area contributed by atoms with Gasteiger partial charge in [0, 0.05) is 5.75 Å². The lowest BCUT2D eigenvalue weighted by Crippen LogP contribution is -2.09. The topological polar surface area (TPSA) is 38.7 Å². The Morgan fingerprint density at radius 3 is 3.00 bits per heavy atom. The molecule has 1 aliphatic rings. The number of cyclic esters (lactones) is 1. The molecule has 1 atom stereocenters. The first-order valence-electron chi connectivity index (χ1n) is 5.21. The predicted octanol–water partition coefficient (Wildman–Crippen LogP) is 3.01. The Bertz CT molecular complexity index is 487. The van der Waals surface area contributed by atoms with Crippen LogP contribution in [0.5, 0.6) is 0 Å². The monoisotopic (exact) mass is 269 g/mol. The molecule has 0 spiro atoms. The molecule has 0 amide bonds. The molecule has 1 aliphatic heterocycles. The van der Waals surface area contributed by atoms with Gasteiger partial charge in [-0.3, -0.25) is 0 Å². The van der Waals surface area contributed by atoms with E-state index in [-0.39, 0.29) is 12.0 Å². The summed E-state index contributed by atoms with van der Waals surface area (Å²) < 4.78 is 5.15. The van der Waals surface area contributed by atoms with Crippen molar-refractivity contribution in [2.45, 2.75) is 13.0 Å². The van der Waals surface area contributed by atoms with Crippen molar-refractivity contribution in [3.8, 4) is 0 Å². The maximum absolute atomic E-state index is 11.6. The van der Waals surface area contributed by atoms with Gasteiger partial charge < -0.3 is 4.74 Å². The molecule has 1 aromatic carbocycles. The Hall–Kier alpha value is -1.00. The minimum Gasteiger partial charge on any atom is -0.403 e. The van der Waals surface area contributed by atoms with Gasteiger partial charge in [0.25, 0.3) is 0 Å². The van der Waals surface area contributed by atoms with E-state index in [9.17, 15) is 4.79 Å². The van der Waals surface area contributed by atoms with Gasteiger partial charge in [-0.1, -0.05) is 17.7 Å². The third kappa shape index (κ3) is 2.48. The van der Waals surface area contributed by atoms with Gasteiger partial charge in [-0.25, -0.2) is 9.79 Å². The number of carbonyl (C=O) groups excluding carboxylic acids is 1. The summed E-state index contributed by atoms with van der Waals surface area (Å²) in [6.45, 7) is 1.98. The molecule has 0 N–H and O–H groups in total. The Morgan fingerprint density at radius 1 is 1.53 bits per heavy atom. The normalized spacial score (nSPS) is 18.1. The van der Waals surface area contributed by atoms with Gasteiger partial charge in [0.1, 0.15) is 0 Å². The van der Waals surface area contributed by atoms with Crippen molar-refractivity contribution in [1.29, 1.82) is 0 Å². The predicted molar refractivity (Wildman–Crippen MR) is 71.2 cm³/mol. The Labute approximate surface area is 109 Å². The van der Waals surface area contributed by atoms with Gasteiger partial charge in [0.05, 0.1) is 22.2 Å². The molecule has 1 heterocycles. The van der Waals surface area contributed by atoms with Crippen LogP contribution in [0, 0.1) is 0 Å². The number of fused-ring (bicyclic) bond motifs is 1. The first-order valence-corrected chi connectivity index (χ1v) is 6.98. The van der Waals surface area contributed by atoms with E-state index in [0.29, 0.717) is 22.0 Å². The molecule has 0 radical (unpaired) electrons. The third-order valence-electron chi connectivity index (χ3n) is 2.38. The van der Waals surface area contributed by atoms with Crippen LogP contribution in [0.1, 0.15) is 22.8 Å². The van der Waals surface area contributed by atoms with E-state index >= 15 is 0 Å². The summed E-state index contributed by atoms with van der Waals surface area (Å²) in [5.74, 6) is 0.843. The van der Waals surface area contributed by atoms with Crippen molar-refractivity contribution in [2.24, 2.45) is 4.99 Å². The zero-order chi connectivity index (χ0) is 12.4. The largest absolute Gasteiger partial charge is 0.403 e. The average molecular weight is 270 g/mol. The maximum Gasteiger partial charge on any atom is 0.345 e. The van der Waals surface area contributed by atoms with Crippen LogP contribution >= 0.6 is 23.4 Å². The number of aliphatic imine (C=N–C) groups is 1. The van der Waals surface area contributed by atoms with Gasteiger partial charge in [-0.2, -0.15) is 11.8 Å². The number of hydrogen-bond donors (Lipinski definition) is 0. The number of halogens is 1. The minimum atomic E-state index is -0.377. The zero-order valence-corrected chi connectivity index (χ0v) is 11.1. The van der Waals surface area contributed by atoms with Crippen LogP contribution in [-0.2, 0) is 4.74 Å². The number of benzene rings is 1. The molecule has 0 bridgehead atoms. The number of thioether (sulfide) groups is 1. The van der Waals surface area contributed by atoms with E-state index in [0.717, 1.165) is 5.75 Å². The van der Waals surface area contributed by atoms with Crippen LogP contribution in [0.25, 0.3) is 0 Å². The fourth-order valence-electron chi connectivity index (χ4n) is 1.67. The summed E-state index contributed by atoms with van der Waals surface area (Å²) in [5, 5.41) is 0.503. The molecule has 5 heteroatoms. The molecule has 0 aliphatic carbocycles. The van der Waals surface area contributed by atoms with Crippen LogP contribution in [0.2, 0.25) is 5.02 Å². The van der Waals surface area contributed by atoms with Gasteiger partial charge in [0.15, 0.2) is 0 Å². The number of rotatable bonds is 3. The first kappa shape index (κ1) is 12.5. The summed E-state index contributed by atoms with van der Waals surface area (Å²) in [4.78, 5) is 16.0. The van der Waals surface area contributed by atoms with Crippen molar-refractivity contribution >= 4 is 35.2 Å². The molecule has 17 heavy (non-hydrogen) atoms. The molecule has 0 saturated heterocycles. The molecule has 3 nitrogen and oxygen atoms in total. The van der Waals surface area contributed by atoms with Crippen LogP contribution in [0.4, 0.5) is 0 Å². The summed E-state index contributed by atoms with van der Waals surface area (Å²) in [5.41, 5.74) is 1.11. The van der Waals surface area contributed by atoms with E-state index in [2.05, 4.69) is 4.99 Å². The van der Waals surface area contributed by atoms with E-state index in [1.807, 2.05) is 13.2 Å². The number of ether oxygens (including phenoxy) is 1. The molecule has 0 saturated carbocycles. The van der Waals surface area contributed by atoms with Crippen LogP contribution in [-0.4, -0.2) is 29.9 Å². The van der Waals surface area contributed by atoms with E-state index in [1.165, 1.54) is 0 Å². The lowest BCUT2D eigenvalue weighted by molar-refractivity contribution is 0.0736. The second-order valence-electron chi connectivity index (χ2n) is 3.79. The molecule has 1 aromatic rings. The highest BCUT2D eigenvalue weighted by atomic mass is 35.5. The second-order valence-corrected chi connectivity index (χ2v) is 5.11. The standard InChI is InChI=1S/C12H12ClNO2S/c1-7(6-17-2)14-11-10-8(12(15)16-11)4-3-5-9(10)13/h3-5,7H,6H2,1-2H3/t7-/m0/s1. The van der Waals surface area contributed by atoms with Gasteiger partial charge in [0.2, 0.25) is 5.90 Å². The van der Waals surface area contributed by atoms with Crippen LogP contribution in [0.15, 0.2) is 23.2 Å². The number of nitrogens with zero attached hydrogens (tertiary/aromatic N) is 1. The molecular formula is C12H12ClNO2S. The van der Waals surface area contributed by atoms with E-state index < -0.39 is 0 Å². The Kier molecular flexibility index (Phi) is 3.74. The molecule has 90 valence electrons. The Balaban J connectivity index is 2.39. The first-order chi connectivity index (χ1) is 8.13. The number of carbonyl (C=O) groups is 1. The smallest absolute Gasteiger partial charge is 0.345 e. The van der Waals surface area contributed by atoms with Crippen LogP contribution in [0.3, 0.4) is 0 Å². The highest BCUT2D eigenvalue weighted by Gasteiger charge is 2.30. The van der Waals surface area contributed by atoms with Gasteiger partial charge in [-0.05, 0) is 25.3 Å². The molecule has 2 rings (SSSR count). The van der Waals surface area contributed by atoms with Crippen molar-refractivity contribution in [2.75, 3.05) is 12.0 Å². The second kappa shape index (κ2) is 5.10. The third-order valence-corrected chi connectivity index (χ3v) is 3.51. The summed E-state index contributed by atoms with van der Waals surface area (Å²) in [6.07, 6.45) is 2.01. The molecule has 0 aromatic heterocycles. The lowest BCUT2D eigenvalue weighted by atomic mass is 10.1. The number of hydrogen-bond acceptors (Lipinski definition) is 4. The molecule has 0 fully saturated rings. The fraction of sp³-hybridized carbons (Fsp3) is 0.333. The minimum absolute atomic E-state index is 0.0926. The number of esters is 1. The zero-order valence-electron chi connectivity index (χ0n) is 9.57. The Morgan fingerprint density at radius 2 is 2.29 bits per heavy atom. The van der Waals surface area contributed by atoms with Gasteiger partial charge in [-0.15, -0.1) is 0 Å². The summed E-state index contributed by atoms with van der Waals surface area (Å²) in [7, 11) is 0. The van der Waals surface area contributed by atoms with Crippen LogP contribution < -0.4 is 0 Å². The fourth-order valence-corrected chi connectivity index (χ4v) is 2.49. The SMILES string of the molecule is CSC[C@H](C)N=C1OC(=O)c2cccc(Cl)c21. The maximum atomic E-state index is 11.6. The van der Waals surface area contributed by atoms with Crippen molar-refractivity contribution in [1.82, 2.24) is 0 Å². The summed E-state index contributed by atoms with van der Waals surface area (Å²) >= 11 is 7.77. The van der Waals surface area contributed by atoms with Crippen molar-refractivity contribution in [3.63, 3.8) is 0 Å². The summed E-state index contributed by atoms with van der Waals surface area (Å²) in [6, 6.07) is 5.26. The van der Waals surface area contributed by atoms with E-state index in [4.69, 9.17) is 16.3 Å². The quantitative estimate of drug-likeness (QED) is 0.792. The highest BCUT2D eigenvalue weighted by Crippen LogP contribution is 2.28. The molecule has 0 unspecified atom stereocenters. The average Bonchev–Trinajstić information content (AvgIpc) is 2.57. The highest BCUT2D eigenvalue weighted by molar-refractivity contribution is 7.98. The van der Waals surface area contributed by atoms with Crippen molar-refractivity contribution < 1.29 is 9.53 Å². The lowest BCUT2D eigenvalue weighted by Gasteiger charge is -2.05. The van der Waals surface area contributed by atoms with Gasteiger partial charge >= 0.3 is 5.97 Å². The molecular weight excluding hydrogens is 258 g/mol. The van der Waals surface area contributed by atoms with E-state index in [1.54, 1.807) is 30.0 Å². The van der Waals surface area contributed by atoms with Crippen molar-refractivity contribution in [3.05, 3.63) is 34.3 Å².